The van der Waals surface area contributed by atoms with Gasteiger partial charge in [0, 0.05) is 30.8 Å². The first-order chi connectivity index (χ1) is 10.8. The third-order valence-electron chi connectivity index (χ3n) is 3.97. The normalized spacial score (nSPS) is 18.8. The van der Waals surface area contributed by atoms with Gasteiger partial charge in [-0.2, -0.15) is 0 Å². The monoisotopic (exact) mass is 338 g/mol. The molecule has 1 aliphatic rings. The lowest BCUT2D eigenvalue weighted by molar-refractivity contribution is -0.143. The van der Waals surface area contributed by atoms with Crippen LogP contribution >= 0.6 is 11.6 Å². The van der Waals surface area contributed by atoms with Crippen molar-refractivity contribution in [2.45, 2.75) is 13.3 Å². The zero-order valence-electron chi connectivity index (χ0n) is 13.0. The molecular formula is C16H19ClN2O4. The zero-order valence-corrected chi connectivity index (χ0v) is 13.8. The van der Waals surface area contributed by atoms with Gasteiger partial charge in [-0.1, -0.05) is 24.6 Å². The summed E-state index contributed by atoms with van der Waals surface area (Å²) in [7, 11) is 1.52. The lowest BCUT2D eigenvalue weighted by Crippen LogP contribution is -2.40. The number of hydrogen-bond acceptors (Lipinski definition) is 3. The van der Waals surface area contributed by atoms with Crippen LogP contribution in [0, 0.1) is 11.8 Å². The van der Waals surface area contributed by atoms with Crippen molar-refractivity contribution in [1.29, 1.82) is 0 Å². The molecule has 2 unspecified atom stereocenters. The fraction of sp³-hybridized carbons (Fsp3) is 0.438. The van der Waals surface area contributed by atoms with Gasteiger partial charge in [0.2, 0.25) is 11.8 Å². The van der Waals surface area contributed by atoms with Crippen LogP contribution in [0.4, 0.5) is 5.69 Å². The van der Waals surface area contributed by atoms with Crippen LogP contribution in [0.5, 0.6) is 0 Å². The predicted octanol–water partition coefficient (Wildman–Crippen LogP) is 1.87. The molecule has 1 N–H and O–H groups in total. The molecule has 0 saturated carbocycles. The summed E-state index contributed by atoms with van der Waals surface area (Å²) in [5.74, 6) is -3.02. The number of aliphatic carboxylic acids is 1. The number of amides is 2. The van der Waals surface area contributed by atoms with E-state index in [-0.39, 0.29) is 18.4 Å². The summed E-state index contributed by atoms with van der Waals surface area (Å²) in [6.07, 6.45) is 0.413. The molecule has 1 aromatic carbocycles. The highest BCUT2D eigenvalue weighted by atomic mass is 35.5. The third-order valence-corrected chi connectivity index (χ3v) is 4.20. The Labute approximate surface area is 139 Å². The minimum Gasteiger partial charge on any atom is -0.481 e. The number of benzene rings is 1. The van der Waals surface area contributed by atoms with E-state index in [9.17, 15) is 14.4 Å². The molecule has 1 saturated heterocycles. The number of hydrogen-bond donors (Lipinski definition) is 1. The summed E-state index contributed by atoms with van der Waals surface area (Å²) in [6, 6.07) is 6.92. The van der Waals surface area contributed by atoms with E-state index in [4.69, 9.17) is 16.7 Å². The molecule has 6 nitrogen and oxygen atoms in total. The van der Waals surface area contributed by atoms with Crippen molar-refractivity contribution in [2.75, 3.05) is 25.0 Å². The summed E-state index contributed by atoms with van der Waals surface area (Å²) >= 11 is 5.94. The number of anilines is 1. The van der Waals surface area contributed by atoms with Gasteiger partial charge >= 0.3 is 5.97 Å². The Balaban J connectivity index is 2.06. The first-order valence-electron chi connectivity index (χ1n) is 7.36. The molecule has 1 fully saturated rings. The quantitative estimate of drug-likeness (QED) is 0.831. The average molecular weight is 339 g/mol. The van der Waals surface area contributed by atoms with Gasteiger partial charge in [-0.3, -0.25) is 14.4 Å². The first kappa shape index (κ1) is 17.3. The lowest BCUT2D eigenvalue weighted by Gasteiger charge is -2.22. The van der Waals surface area contributed by atoms with Gasteiger partial charge in [0.25, 0.3) is 0 Å². The fourth-order valence-electron chi connectivity index (χ4n) is 2.65. The Kier molecular flexibility index (Phi) is 5.26. The van der Waals surface area contributed by atoms with Gasteiger partial charge in [-0.05, 0) is 24.6 Å². The zero-order chi connectivity index (χ0) is 17.1. The molecule has 1 aliphatic heterocycles. The summed E-state index contributed by atoms with van der Waals surface area (Å²) < 4.78 is 0. The van der Waals surface area contributed by atoms with Crippen LogP contribution in [0.15, 0.2) is 24.3 Å². The predicted molar refractivity (Wildman–Crippen MR) is 86.3 cm³/mol. The Morgan fingerprint density at radius 1 is 1.48 bits per heavy atom. The number of carbonyl (C=O) groups excluding carboxylic acids is 2. The highest BCUT2D eigenvalue weighted by molar-refractivity contribution is 6.31. The van der Waals surface area contributed by atoms with Crippen molar-refractivity contribution in [3.8, 4) is 0 Å². The van der Waals surface area contributed by atoms with Crippen LogP contribution in [0.1, 0.15) is 13.3 Å². The number of rotatable bonds is 5. The minimum atomic E-state index is -0.969. The standard InChI is InChI=1S/C16H19ClN2O4/c1-10(16(22)23)9-18(2)14(20)13-6-7-19(15(13)21)12-5-3-4-11(17)8-12/h3-5,8,10,13H,6-7,9H2,1-2H3,(H,22,23). The van der Waals surface area contributed by atoms with Crippen molar-refractivity contribution >= 4 is 35.1 Å². The van der Waals surface area contributed by atoms with E-state index in [1.54, 1.807) is 29.2 Å². The van der Waals surface area contributed by atoms with E-state index in [1.165, 1.54) is 18.9 Å². The molecule has 0 spiro atoms. The summed E-state index contributed by atoms with van der Waals surface area (Å²) in [6.45, 7) is 2.05. The molecule has 1 heterocycles. The number of carboxylic acid groups (broad SMARTS) is 1. The fourth-order valence-corrected chi connectivity index (χ4v) is 2.84. The van der Waals surface area contributed by atoms with Gasteiger partial charge in [-0.25, -0.2) is 0 Å². The van der Waals surface area contributed by atoms with Gasteiger partial charge < -0.3 is 14.9 Å². The van der Waals surface area contributed by atoms with E-state index < -0.39 is 17.8 Å². The minimum absolute atomic E-state index is 0.0785. The van der Waals surface area contributed by atoms with E-state index in [0.29, 0.717) is 23.7 Å². The summed E-state index contributed by atoms with van der Waals surface area (Å²) in [5.41, 5.74) is 0.666. The molecular weight excluding hydrogens is 320 g/mol. The smallest absolute Gasteiger partial charge is 0.308 e. The third kappa shape index (κ3) is 3.82. The summed E-state index contributed by atoms with van der Waals surface area (Å²) in [4.78, 5) is 38.7. The molecule has 0 bridgehead atoms. The van der Waals surface area contributed by atoms with Crippen molar-refractivity contribution in [3.05, 3.63) is 29.3 Å². The molecule has 124 valence electrons. The second-order valence-electron chi connectivity index (χ2n) is 5.77. The first-order valence-corrected chi connectivity index (χ1v) is 7.73. The maximum Gasteiger partial charge on any atom is 0.308 e. The highest BCUT2D eigenvalue weighted by Crippen LogP contribution is 2.28. The molecule has 7 heteroatoms. The number of carboxylic acids is 1. The number of nitrogens with zero attached hydrogens (tertiary/aromatic N) is 2. The van der Waals surface area contributed by atoms with Crippen LogP contribution in [0.2, 0.25) is 5.02 Å². The van der Waals surface area contributed by atoms with E-state index in [0.717, 1.165) is 0 Å². The van der Waals surface area contributed by atoms with Crippen LogP contribution in [-0.2, 0) is 14.4 Å². The second-order valence-corrected chi connectivity index (χ2v) is 6.21. The van der Waals surface area contributed by atoms with Crippen molar-refractivity contribution in [2.24, 2.45) is 11.8 Å². The highest BCUT2D eigenvalue weighted by Gasteiger charge is 2.39. The molecule has 2 atom stereocenters. The largest absolute Gasteiger partial charge is 0.481 e. The number of carbonyl (C=O) groups is 3. The van der Waals surface area contributed by atoms with Gasteiger partial charge in [0.05, 0.1) is 5.92 Å². The maximum atomic E-state index is 12.5. The van der Waals surface area contributed by atoms with Crippen LogP contribution in [-0.4, -0.2) is 47.9 Å². The average Bonchev–Trinajstić information content (AvgIpc) is 2.87. The Morgan fingerprint density at radius 3 is 2.78 bits per heavy atom. The molecule has 1 aromatic rings. The van der Waals surface area contributed by atoms with E-state index in [2.05, 4.69) is 0 Å². The number of halogens is 1. The van der Waals surface area contributed by atoms with E-state index in [1.807, 2.05) is 0 Å². The molecule has 0 aliphatic carbocycles. The second kappa shape index (κ2) is 7.00. The summed E-state index contributed by atoms with van der Waals surface area (Å²) in [5, 5.41) is 9.45. The van der Waals surface area contributed by atoms with Crippen molar-refractivity contribution in [1.82, 2.24) is 4.90 Å². The van der Waals surface area contributed by atoms with Crippen LogP contribution in [0.25, 0.3) is 0 Å². The van der Waals surface area contributed by atoms with Crippen molar-refractivity contribution < 1.29 is 19.5 Å². The Morgan fingerprint density at radius 2 is 2.17 bits per heavy atom. The topological polar surface area (TPSA) is 77.9 Å². The SMILES string of the molecule is CC(CN(C)C(=O)C1CCN(c2cccc(Cl)c2)C1=O)C(=O)O. The van der Waals surface area contributed by atoms with Gasteiger partial charge in [-0.15, -0.1) is 0 Å². The lowest BCUT2D eigenvalue weighted by atomic mass is 10.1. The molecule has 0 radical (unpaired) electrons. The Hall–Kier alpha value is -2.08. The van der Waals surface area contributed by atoms with Crippen LogP contribution in [0.3, 0.4) is 0 Å². The molecule has 23 heavy (non-hydrogen) atoms. The van der Waals surface area contributed by atoms with Crippen molar-refractivity contribution in [3.63, 3.8) is 0 Å². The molecule has 2 amide bonds. The molecule has 2 rings (SSSR count). The Bertz CT molecular complexity index is 634. The molecule has 0 aromatic heterocycles. The maximum absolute atomic E-state index is 12.5. The van der Waals surface area contributed by atoms with Gasteiger partial charge in [0.15, 0.2) is 0 Å². The van der Waals surface area contributed by atoms with Gasteiger partial charge in [0.1, 0.15) is 5.92 Å². The van der Waals surface area contributed by atoms with E-state index >= 15 is 0 Å². The van der Waals surface area contributed by atoms with Crippen LogP contribution < -0.4 is 4.90 Å².